The van der Waals surface area contributed by atoms with Gasteiger partial charge >= 0.3 is 0 Å². The van der Waals surface area contributed by atoms with Crippen LogP contribution < -0.4 is 5.73 Å². The molecule has 29 heavy (non-hydrogen) atoms. The fourth-order valence-electron chi connectivity index (χ4n) is 3.67. The molecule has 0 atom stereocenters. The summed E-state index contributed by atoms with van der Waals surface area (Å²) in [7, 11) is 2.15. The number of nitrogen functional groups attached to an aromatic ring is 1. The van der Waals surface area contributed by atoms with Crippen LogP contribution in [0.1, 0.15) is 0 Å². The number of hydrogen-bond donors (Lipinski definition) is 1. The van der Waals surface area contributed by atoms with Gasteiger partial charge in [-0.1, -0.05) is 12.1 Å². The van der Waals surface area contributed by atoms with Gasteiger partial charge in [0.05, 0.1) is 6.33 Å². The molecular formula is C19H22FN9. The van der Waals surface area contributed by atoms with Gasteiger partial charge in [-0.15, -0.1) is 5.10 Å². The maximum Gasteiger partial charge on any atom is 0.225 e. The van der Waals surface area contributed by atoms with Gasteiger partial charge in [0.15, 0.2) is 22.6 Å². The normalized spacial score (nSPS) is 16.2. The number of aromatic nitrogens is 6. The molecule has 2 N–H and O–H groups in total. The maximum absolute atomic E-state index is 13.6. The molecule has 0 amide bonds. The highest BCUT2D eigenvalue weighted by Gasteiger charge is 2.18. The number of fused-ring (bicyclic) bond motifs is 3. The molecule has 4 heterocycles. The third-order valence-electron chi connectivity index (χ3n) is 5.40. The van der Waals surface area contributed by atoms with Gasteiger partial charge in [-0.05, 0) is 19.2 Å². The quantitative estimate of drug-likeness (QED) is 0.553. The van der Waals surface area contributed by atoms with Crippen LogP contribution in [0.25, 0.3) is 28.2 Å². The van der Waals surface area contributed by atoms with E-state index in [0.717, 1.165) is 39.3 Å². The molecule has 0 spiro atoms. The third kappa shape index (κ3) is 3.30. The van der Waals surface area contributed by atoms with Gasteiger partial charge in [-0.2, -0.15) is 9.50 Å². The van der Waals surface area contributed by atoms with Crippen molar-refractivity contribution >= 4 is 22.8 Å². The predicted octanol–water partition coefficient (Wildman–Crippen LogP) is 1.11. The lowest BCUT2D eigenvalue weighted by atomic mass is 10.2. The van der Waals surface area contributed by atoms with Crippen molar-refractivity contribution in [3.05, 3.63) is 36.4 Å². The zero-order chi connectivity index (χ0) is 20.0. The number of piperazine rings is 1. The van der Waals surface area contributed by atoms with E-state index in [4.69, 9.17) is 5.73 Å². The number of halogens is 1. The van der Waals surface area contributed by atoms with E-state index < -0.39 is 0 Å². The van der Waals surface area contributed by atoms with Crippen LogP contribution in [0.3, 0.4) is 0 Å². The number of rotatable bonds is 4. The van der Waals surface area contributed by atoms with Gasteiger partial charge < -0.3 is 15.2 Å². The topological polar surface area (TPSA) is 93.4 Å². The summed E-state index contributed by atoms with van der Waals surface area (Å²) in [5.41, 5.74) is 8.56. The summed E-state index contributed by atoms with van der Waals surface area (Å²) < 4.78 is 17.0. The molecule has 0 radical (unpaired) electrons. The molecule has 150 valence electrons. The minimum atomic E-state index is -0.342. The van der Waals surface area contributed by atoms with Gasteiger partial charge in [-0.25, -0.2) is 14.4 Å². The number of likely N-dealkylation sites (N-methyl/N-ethyl adjacent to an activating group) is 1. The van der Waals surface area contributed by atoms with E-state index in [-0.39, 0.29) is 11.8 Å². The smallest absolute Gasteiger partial charge is 0.225 e. The van der Waals surface area contributed by atoms with Crippen molar-refractivity contribution in [2.45, 2.75) is 6.54 Å². The number of hydrogen-bond acceptors (Lipinski definition) is 7. The molecule has 5 rings (SSSR count). The highest BCUT2D eigenvalue weighted by molar-refractivity contribution is 5.87. The molecule has 9 nitrogen and oxygen atoms in total. The standard InChI is InChI=1S/C19H22FN9/c1-26-5-7-27(8-6-26)9-10-28-12-22-15-17(28)24-19(21)29-18(15)23-16(25-29)13-3-2-4-14(20)11-13/h2-4,11-12H,5-10H2,1H3,(H2,21,24). The Kier molecular flexibility index (Phi) is 4.36. The molecule has 1 aromatic carbocycles. The molecule has 4 aromatic rings. The fourth-order valence-corrected chi connectivity index (χ4v) is 3.67. The number of imidazole rings is 1. The van der Waals surface area contributed by atoms with E-state index in [1.807, 2.05) is 4.57 Å². The van der Waals surface area contributed by atoms with Crippen LogP contribution in [0, 0.1) is 5.82 Å². The molecule has 0 unspecified atom stereocenters. The monoisotopic (exact) mass is 395 g/mol. The fraction of sp³-hybridized carbons (Fsp3) is 0.368. The summed E-state index contributed by atoms with van der Waals surface area (Å²) >= 11 is 0. The molecule has 1 aliphatic heterocycles. The largest absolute Gasteiger partial charge is 0.368 e. The van der Waals surface area contributed by atoms with Crippen LogP contribution in [0.2, 0.25) is 0 Å². The summed E-state index contributed by atoms with van der Waals surface area (Å²) in [6.07, 6.45) is 1.77. The van der Waals surface area contributed by atoms with E-state index in [1.165, 1.54) is 16.6 Å². The summed E-state index contributed by atoms with van der Waals surface area (Å²) in [4.78, 5) is 18.3. The maximum atomic E-state index is 13.6. The average Bonchev–Trinajstić information content (AvgIpc) is 3.32. The van der Waals surface area contributed by atoms with Crippen molar-refractivity contribution < 1.29 is 4.39 Å². The molecule has 10 heteroatoms. The Morgan fingerprint density at radius 1 is 1.07 bits per heavy atom. The molecule has 0 bridgehead atoms. The zero-order valence-electron chi connectivity index (χ0n) is 16.2. The summed E-state index contributed by atoms with van der Waals surface area (Å²) in [6, 6.07) is 6.16. The Labute approximate surface area is 166 Å². The zero-order valence-corrected chi connectivity index (χ0v) is 16.2. The van der Waals surface area contributed by atoms with Crippen molar-refractivity contribution in [1.29, 1.82) is 0 Å². The molecule has 1 aliphatic rings. The third-order valence-corrected chi connectivity index (χ3v) is 5.40. The number of anilines is 1. The highest BCUT2D eigenvalue weighted by atomic mass is 19.1. The van der Waals surface area contributed by atoms with Gasteiger partial charge in [0.2, 0.25) is 5.95 Å². The summed E-state index contributed by atoms with van der Waals surface area (Å²) in [5.74, 6) is 0.271. The van der Waals surface area contributed by atoms with E-state index in [0.29, 0.717) is 28.2 Å². The van der Waals surface area contributed by atoms with Gasteiger partial charge in [0.25, 0.3) is 0 Å². The lowest BCUT2D eigenvalue weighted by Gasteiger charge is -2.32. The van der Waals surface area contributed by atoms with Crippen LogP contribution in [-0.4, -0.2) is 78.7 Å². The Hall–Kier alpha value is -3.11. The average molecular weight is 395 g/mol. The van der Waals surface area contributed by atoms with E-state index in [1.54, 1.807) is 18.5 Å². The highest BCUT2D eigenvalue weighted by Crippen LogP contribution is 2.23. The summed E-state index contributed by atoms with van der Waals surface area (Å²) in [5, 5.41) is 4.40. The first-order valence-electron chi connectivity index (χ1n) is 9.62. The second kappa shape index (κ2) is 7.05. The first kappa shape index (κ1) is 18.0. The van der Waals surface area contributed by atoms with E-state index in [2.05, 4.69) is 36.9 Å². The number of nitrogens with two attached hydrogens (primary N) is 1. The molecule has 1 saturated heterocycles. The van der Waals surface area contributed by atoms with Crippen LogP contribution in [-0.2, 0) is 6.54 Å². The first-order chi connectivity index (χ1) is 14.1. The summed E-state index contributed by atoms with van der Waals surface area (Å²) in [6.45, 7) is 5.98. The number of nitrogens with zero attached hydrogens (tertiary/aromatic N) is 8. The Bertz CT molecular complexity index is 1170. The Morgan fingerprint density at radius 3 is 2.69 bits per heavy atom. The SMILES string of the molecule is CN1CCN(CCn2cnc3c2nc(N)n2nc(-c4cccc(F)c4)nc32)CC1. The molecule has 0 aliphatic carbocycles. The van der Waals surface area contributed by atoms with E-state index in [9.17, 15) is 4.39 Å². The molecule has 0 saturated carbocycles. The van der Waals surface area contributed by atoms with Crippen molar-refractivity contribution in [1.82, 2.24) is 38.9 Å². The molecular weight excluding hydrogens is 373 g/mol. The number of benzene rings is 1. The minimum Gasteiger partial charge on any atom is -0.368 e. The van der Waals surface area contributed by atoms with Gasteiger partial charge in [-0.3, -0.25) is 4.90 Å². The Morgan fingerprint density at radius 2 is 1.90 bits per heavy atom. The van der Waals surface area contributed by atoms with Gasteiger partial charge in [0.1, 0.15) is 5.82 Å². The first-order valence-corrected chi connectivity index (χ1v) is 9.62. The van der Waals surface area contributed by atoms with Crippen LogP contribution in [0.4, 0.5) is 10.3 Å². The lowest BCUT2D eigenvalue weighted by molar-refractivity contribution is 0.150. The molecule has 1 fully saturated rings. The van der Waals surface area contributed by atoms with Crippen molar-refractivity contribution in [3.63, 3.8) is 0 Å². The van der Waals surface area contributed by atoms with Gasteiger partial charge in [0, 0.05) is 44.8 Å². The molecule has 3 aromatic heterocycles. The minimum absolute atomic E-state index is 0.226. The van der Waals surface area contributed by atoms with Crippen molar-refractivity contribution in [2.24, 2.45) is 0 Å². The Balaban J connectivity index is 1.47. The van der Waals surface area contributed by atoms with Crippen LogP contribution in [0.15, 0.2) is 30.6 Å². The van der Waals surface area contributed by atoms with Crippen LogP contribution in [0.5, 0.6) is 0 Å². The predicted molar refractivity (Wildman–Crippen MR) is 108 cm³/mol. The van der Waals surface area contributed by atoms with Crippen molar-refractivity contribution in [3.8, 4) is 11.4 Å². The van der Waals surface area contributed by atoms with E-state index >= 15 is 0 Å². The second-order valence-electron chi connectivity index (χ2n) is 7.41. The van der Waals surface area contributed by atoms with Crippen molar-refractivity contribution in [2.75, 3.05) is 45.5 Å². The lowest BCUT2D eigenvalue weighted by Crippen LogP contribution is -2.45. The van der Waals surface area contributed by atoms with Crippen LogP contribution >= 0.6 is 0 Å². The second-order valence-corrected chi connectivity index (χ2v) is 7.41.